The van der Waals surface area contributed by atoms with E-state index >= 15 is 0 Å². The fourth-order valence-electron chi connectivity index (χ4n) is 3.33. The summed E-state index contributed by atoms with van der Waals surface area (Å²) in [6, 6.07) is 9.15. The number of likely N-dealkylation sites (tertiary alicyclic amines) is 1. The Kier molecular flexibility index (Phi) is 5.21. The van der Waals surface area contributed by atoms with Gasteiger partial charge in [0, 0.05) is 37.1 Å². The van der Waals surface area contributed by atoms with Crippen molar-refractivity contribution >= 4 is 39.1 Å². The summed E-state index contributed by atoms with van der Waals surface area (Å²) in [5, 5.41) is 3.59. The summed E-state index contributed by atoms with van der Waals surface area (Å²) in [6.07, 6.45) is 4.52. The van der Waals surface area contributed by atoms with Crippen LogP contribution in [-0.4, -0.2) is 46.9 Å². The zero-order chi connectivity index (χ0) is 19.5. The van der Waals surface area contributed by atoms with Crippen molar-refractivity contribution in [1.82, 2.24) is 14.9 Å². The lowest BCUT2D eigenvalue weighted by atomic mass is 9.95. The van der Waals surface area contributed by atoms with Crippen molar-refractivity contribution < 1.29 is 14.3 Å². The van der Waals surface area contributed by atoms with Crippen LogP contribution in [0.25, 0.3) is 10.2 Å². The molecule has 1 fully saturated rings. The molecule has 0 saturated carbocycles. The highest BCUT2D eigenvalue weighted by Crippen LogP contribution is 2.30. The third-order valence-corrected chi connectivity index (χ3v) is 5.85. The number of thiazole rings is 1. The van der Waals surface area contributed by atoms with Gasteiger partial charge in [-0.2, -0.15) is 0 Å². The van der Waals surface area contributed by atoms with Gasteiger partial charge in [-0.3, -0.25) is 14.6 Å². The highest BCUT2D eigenvalue weighted by molar-refractivity contribution is 7.20. The van der Waals surface area contributed by atoms with Gasteiger partial charge in [-0.1, -0.05) is 11.3 Å². The first-order chi connectivity index (χ1) is 13.6. The van der Waals surface area contributed by atoms with Crippen LogP contribution in [-0.2, 0) is 4.79 Å². The van der Waals surface area contributed by atoms with Gasteiger partial charge in [0.2, 0.25) is 5.91 Å². The van der Waals surface area contributed by atoms with E-state index < -0.39 is 0 Å². The predicted octanol–water partition coefficient (Wildman–Crippen LogP) is 3.19. The van der Waals surface area contributed by atoms with E-state index in [1.807, 2.05) is 18.2 Å². The van der Waals surface area contributed by atoms with Gasteiger partial charge in [-0.25, -0.2) is 4.98 Å². The molecule has 1 saturated heterocycles. The number of rotatable bonds is 4. The number of ether oxygens (including phenoxy) is 1. The number of hydrogen-bond donors (Lipinski definition) is 1. The van der Waals surface area contributed by atoms with Crippen LogP contribution in [0, 0.1) is 5.92 Å². The van der Waals surface area contributed by atoms with Crippen LogP contribution in [0.15, 0.2) is 42.7 Å². The monoisotopic (exact) mass is 396 g/mol. The Morgan fingerprint density at radius 1 is 1.25 bits per heavy atom. The molecular formula is C20H20N4O3S. The molecule has 3 heterocycles. The number of fused-ring (bicyclic) bond motifs is 1. The number of anilines is 1. The number of amides is 2. The van der Waals surface area contributed by atoms with Gasteiger partial charge in [0.05, 0.1) is 22.9 Å². The second kappa shape index (κ2) is 7.93. The van der Waals surface area contributed by atoms with E-state index in [4.69, 9.17) is 4.74 Å². The van der Waals surface area contributed by atoms with Crippen molar-refractivity contribution in [2.24, 2.45) is 5.92 Å². The van der Waals surface area contributed by atoms with Gasteiger partial charge >= 0.3 is 0 Å². The van der Waals surface area contributed by atoms with Crippen LogP contribution in [0.5, 0.6) is 5.19 Å². The number of pyridine rings is 1. The van der Waals surface area contributed by atoms with Gasteiger partial charge in [0.1, 0.15) is 0 Å². The maximum atomic E-state index is 12.7. The number of nitrogens with one attached hydrogen (secondary N) is 1. The molecule has 0 bridgehead atoms. The normalized spacial score (nSPS) is 14.8. The van der Waals surface area contributed by atoms with E-state index in [0.29, 0.717) is 36.7 Å². The van der Waals surface area contributed by atoms with Crippen molar-refractivity contribution in [1.29, 1.82) is 0 Å². The third kappa shape index (κ3) is 3.82. The third-order valence-electron chi connectivity index (χ3n) is 4.87. The molecule has 0 radical (unpaired) electrons. The average molecular weight is 396 g/mol. The van der Waals surface area contributed by atoms with E-state index in [9.17, 15) is 9.59 Å². The summed E-state index contributed by atoms with van der Waals surface area (Å²) >= 11 is 1.44. The lowest BCUT2D eigenvalue weighted by molar-refractivity contribution is -0.121. The Hall–Kier alpha value is -3.00. The highest BCUT2D eigenvalue weighted by atomic mass is 32.1. The molecule has 28 heavy (non-hydrogen) atoms. The van der Waals surface area contributed by atoms with Crippen molar-refractivity contribution in [2.45, 2.75) is 12.8 Å². The number of methoxy groups -OCH3 is 1. The van der Waals surface area contributed by atoms with Gasteiger partial charge in [-0.15, -0.1) is 0 Å². The molecule has 1 N–H and O–H groups in total. The average Bonchev–Trinajstić information content (AvgIpc) is 3.16. The molecule has 7 nitrogen and oxygen atoms in total. The number of benzene rings is 1. The molecular weight excluding hydrogens is 376 g/mol. The van der Waals surface area contributed by atoms with E-state index in [1.165, 1.54) is 11.3 Å². The molecule has 2 aromatic heterocycles. The van der Waals surface area contributed by atoms with E-state index in [1.54, 1.807) is 36.5 Å². The van der Waals surface area contributed by atoms with Gasteiger partial charge in [0.25, 0.3) is 11.1 Å². The summed E-state index contributed by atoms with van der Waals surface area (Å²) in [5.41, 5.74) is 2.18. The van der Waals surface area contributed by atoms with Crippen LogP contribution < -0.4 is 10.1 Å². The standard InChI is InChI=1S/C20H20N4O3S/c1-27-20-23-16-5-4-15(11-17(16)28-20)22-18(25)13-6-9-24(10-7-13)19(26)14-3-2-8-21-12-14/h2-5,8,11-13H,6-7,9-10H2,1H3,(H,22,25). The molecule has 2 amide bonds. The largest absolute Gasteiger partial charge is 0.473 e. The smallest absolute Gasteiger partial charge is 0.274 e. The highest BCUT2D eigenvalue weighted by Gasteiger charge is 2.28. The van der Waals surface area contributed by atoms with Crippen LogP contribution in [0.1, 0.15) is 23.2 Å². The first-order valence-electron chi connectivity index (χ1n) is 9.09. The van der Waals surface area contributed by atoms with Gasteiger partial charge in [0.15, 0.2) is 0 Å². The second-order valence-corrected chi connectivity index (χ2v) is 7.66. The zero-order valence-electron chi connectivity index (χ0n) is 15.4. The minimum Gasteiger partial charge on any atom is -0.473 e. The van der Waals surface area contributed by atoms with Gasteiger partial charge < -0.3 is 15.0 Å². The predicted molar refractivity (Wildman–Crippen MR) is 108 cm³/mol. The minimum absolute atomic E-state index is 0.00990. The number of hydrogen-bond acceptors (Lipinski definition) is 6. The van der Waals surface area contributed by atoms with E-state index in [2.05, 4.69) is 15.3 Å². The lowest BCUT2D eigenvalue weighted by Gasteiger charge is -2.31. The number of nitrogens with zero attached hydrogens (tertiary/aromatic N) is 3. The Morgan fingerprint density at radius 2 is 2.07 bits per heavy atom. The van der Waals surface area contributed by atoms with Crippen LogP contribution in [0.3, 0.4) is 0 Å². The fourth-order valence-corrected chi connectivity index (χ4v) is 4.15. The van der Waals surface area contributed by atoms with Crippen LogP contribution >= 0.6 is 11.3 Å². The van der Waals surface area contributed by atoms with Crippen molar-refractivity contribution in [3.63, 3.8) is 0 Å². The quantitative estimate of drug-likeness (QED) is 0.732. The molecule has 1 aliphatic rings. The van der Waals surface area contributed by atoms with Crippen molar-refractivity contribution in [3.05, 3.63) is 48.3 Å². The number of aromatic nitrogens is 2. The number of carbonyl (C=O) groups excluding carboxylic acids is 2. The minimum atomic E-state index is -0.107. The second-order valence-electron chi connectivity index (χ2n) is 6.66. The summed E-state index contributed by atoms with van der Waals surface area (Å²) in [5.74, 6) is -0.148. The zero-order valence-corrected chi connectivity index (χ0v) is 16.2. The van der Waals surface area contributed by atoms with Crippen LogP contribution in [0.2, 0.25) is 0 Å². The topological polar surface area (TPSA) is 84.4 Å². The summed E-state index contributed by atoms with van der Waals surface area (Å²) < 4.78 is 6.12. The Labute approximate surface area is 166 Å². The summed E-state index contributed by atoms with van der Waals surface area (Å²) in [4.78, 5) is 35.3. The molecule has 0 unspecified atom stereocenters. The number of carbonyl (C=O) groups is 2. The summed E-state index contributed by atoms with van der Waals surface area (Å²) in [7, 11) is 1.59. The Bertz CT molecular complexity index is 997. The molecule has 1 aliphatic heterocycles. The van der Waals surface area contributed by atoms with Crippen molar-refractivity contribution in [2.75, 3.05) is 25.5 Å². The summed E-state index contributed by atoms with van der Waals surface area (Å²) in [6.45, 7) is 1.13. The Morgan fingerprint density at radius 3 is 2.79 bits per heavy atom. The molecule has 3 aromatic rings. The maximum Gasteiger partial charge on any atom is 0.274 e. The lowest BCUT2D eigenvalue weighted by Crippen LogP contribution is -2.41. The molecule has 4 rings (SSSR count). The Balaban J connectivity index is 1.36. The molecule has 0 atom stereocenters. The number of piperidine rings is 1. The maximum absolute atomic E-state index is 12.7. The molecule has 8 heteroatoms. The molecule has 0 aliphatic carbocycles. The SMILES string of the molecule is COc1nc2ccc(NC(=O)C3CCN(C(=O)c4cccnc4)CC3)cc2s1. The fraction of sp³-hybridized carbons (Fsp3) is 0.300. The first-order valence-corrected chi connectivity index (χ1v) is 9.90. The van der Waals surface area contributed by atoms with Crippen molar-refractivity contribution in [3.8, 4) is 5.19 Å². The molecule has 144 valence electrons. The first kappa shape index (κ1) is 18.4. The van der Waals surface area contributed by atoms with E-state index in [-0.39, 0.29) is 17.7 Å². The molecule has 1 aromatic carbocycles. The van der Waals surface area contributed by atoms with Crippen LogP contribution in [0.4, 0.5) is 5.69 Å². The van der Waals surface area contributed by atoms with Gasteiger partial charge in [-0.05, 0) is 43.2 Å². The molecule has 0 spiro atoms. The van der Waals surface area contributed by atoms with E-state index in [0.717, 1.165) is 15.9 Å².